The Labute approximate surface area is 208 Å². The van der Waals surface area contributed by atoms with E-state index in [1.807, 2.05) is 62.4 Å². The van der Waals surface area contributed by atoms with Gasteiger partial charge in [0.2, 0.25) is 5.82 Å². The number of methoxy groups -OCH3 is 1. The topological polar surface area (TPSA) is 80.5 Å². The molecule has 1 aliphatic heterocycles. The smallest absolute Gasteiger partial charge is 0.322 e. The van der Waals surface area contributed by atoms with Crippen LogP contribution in [0.4, 0.5) is 9.18 Å². The predicted molar refractivity (Wildman–Crippen MR) is 133 cm³/mol. The Morgan fingerprint density at radius 1 is 1.06 bits per heavy atom. The van der Waals surface area contributed by atoms with Gasteiger partial charge in [-0.25, -0.2) is 9.18 Å². The summed E-state index contributed by atoms with van der Waals surface area (Å²) >= 11 is 0. The highest BCUT2D eigenvalue weighted by Crippen LogP contribution is 2.38. The summed E-state index contributed by atoms with van der Waals surface area (Å²) in [4.78, 5) is 19.5. The van der Waals surface area contributed by atoms with Crippen LogP contribution < -0.4 is 10.1 Å². The van der Waals surface area contributed by atoms with E-state index < -0.39 is 11.9 Å². The van der Waals surface area contributed by atoms with Crippen LogP contribution in [0.5, 0.6) is 5.75 Å². The number of hydrogen-bond acceptors (Lipinski definition) is 5. The lowest BCUT2D eigenvalue weighted by Gasteiger charge is -2.35. The normalized spacial score (nSPS) is 15.7. The summed E-state index contributed by atoms with van der Waals surface area (Å²) in [6.07, 6.45) is 0. The van der Waals surface area contributed by atoms with Gasteiger partial charge in [0.05, 0.1) is 25.3 Å². The molecule has 2 amide bonds. The van der Waals surface area contributed by atoms with E-state index in [0.717, 1.165) is 22.4 Å². The first-order valence-corrected chi connectivity index (χ1v) is 11.5. The lowest BCUT2D eigenvalue weighted by Crippen LogP contribution is -2.45. The van der Waals surface area contributed by atoms with Crippen LogP contribution in [0.15, 0.2) is 83.0 Å². The van der Waals surface area contributed by atoms with Gasteiger partial charge in [0.1, 0.15) is 11.6 Å². The van der Waals surface area contributed by atoms with Crippen LogP contribution in [-0.4, -0.2) is 28.2 Å². The van der Waals surface area contributed by atoms with Gasteiger partial charge >= 0.3 is 6.03 Å². The molecule has 1 atom stereocenters. The second kappa shape index (κ2) is 9.65. The zero-order valence-corrected chi connectivity index (χ0v) is 20.2. The van der Waals surface area contributed by atoms with Gasteiger partial charge in [-0.2, -0.15) is 4.98 Å². The number of allylic oxidation sites excluding steroid dienone is 1. The Hall–Kier alpha value is -4.46. The summed E-state index contributed by atoms with van der Waals surface area (Å²) in [6.45, 7) is 4.14. The lowest BCUT2D eigenvalue weighted by molar-refractivity contribution is 0.203. The first-order valence-electron chi connectivity index (χ1n) is 11.5. The van der Waals surface area contributed by atoms with Gasteiger partial charge in [-0.05, 0) is 55.3 Å². The van der Waals surface area contributed by atoms with Crippen LogP contribution in [0.2, 0.25) is 0 Å². The average Bonchev–Trinajstić information content (AvgIpc) is 3.36. The third-order valence-electron chi connectivity index (χ3n) is 6.21. The third-order valence-corrected chi connectivity index (χ3v) is 6.21. The number of benzene rings is 3. The molecular weight excluding hydrogens is 459 g/mol. The number of rotatable bonds is 6. The number of aromatic nitrogens is 2. The highest BCUT2D eigenvalue weighted by Gasteiger charge is 2.36. The molecule has 0 spiro atoms. The van der Waals surface area contributed by atoms with Gasteiger partial charge in [-0.15, -0.1) is 0 Å². The summed E-state index contributed by atoms with van der Waals surface area (Å²) < 4.78 is 25.1. The van der Waals surface area contributed by atoms with Crippen molar-refractivity contribution in [3.8, 4) is 17.1 Å². The summed E-state index contributed by atoms with van der Waals surface area (Å²) in [5.74, 6) is 1.03. The Balaban J connectivity index is 1.58. The van der Waals surface area contributed by atoms with E-state index in [9.17, 15) is 9.18 Å². The van der Waals surface area contributed by atoms with Crippen molar-refractivity contribution in [1.82, 2.24) is 20.4 Å². The Morgan fingerprint density at radius 3 is 2.56 bits per heavy atom. The molecule has 1 N–H and O–H groups in total. The van der Waals surface area contributed by atoms with Crippen molar-refractivity contribution in [3.63, 3.8) is 0 Å². The fraction of sp³-hybridized carbons (Fsp3) is 0.179. The average molecular weight is 485 g/mol. The van der Waals surface area contributed by atoms with Crippen molar-refractivity contribution in [2.45, 2.75) is 26.4 Å². The molecular formula is C28H25FN4O3. The number of hydrogen-bond donors (Lipinski definition) is 1. The van der Waals surface area contributed by atoms with Crippen LogP contribution in [0.25, 0.3) is 17.0 Å². The third kappa shape index (κ3) is 4.57. The second-order valence-electron chi connectivity index (χ2n) is 8.66. The molecule has 3 aromatic carbocycles. The summed E-state index contributed by atoms with van der Waals surface area (Å²) in [5.41, 5.74) is 4.64. The van der Waals surface area contributed by atoms with Gasteiger partial charge in [0.15, 0.2) is 0 Å². The molecule has 182 valence electrons. The predicted octanol–water partition coefficient (Wildman–Crippen LogP) is 5.89. The molecule has 7 nitrogen and oxygen atoms in total. The summed E-state index contributed by atoms with van der Waals surface area (Å²) in [7, 11) is 1.61. The molecule has 2 heterocycles. The molecule has 0 bridgehead atoms. The molecule has 1 unspecified atom stereocenters. The molecule has 0 saturated heterocycles. The number of amides is 2. The van der Waals surface area contributed by atoms with Crippen LogP contribution in [-0.2, 0) is 6.54 Å². The molecule has 4 aromatic rings. The highest BCUT2D eigenvalue weighted by atomic mass is 19.1. The number of ether oxygens (including phenoxy) is 1. The number of carbonyl (C=O) groups excluding carboxylic acids is 1. The van der Waals surface area contributed by atoms with E-state index in [4.69, 9.17) is 9.26 Å². The van der Waals surface area contributed by atoms with Crippen LogP contribution >= 0.6 is 0 Å². The number of halogens is 1. The Kier molecular flexibility index (Phi) is 6.25. The van der Waals surface area contributed by atoms with Gasteiger partial charge in [0.25, 0.3) is 5.89 Å². The SMILES string of the molecule is COc1ccc(CN2C(=O)NC(c3cccc(F)c3)C(c3nc(-c4cccc(C)c4)no3)=C2C)cc1. The van der Waals surface area contributed by atoms with Crippen molar-refractivity contribution >= 4 is 11.6 Å². The van der Waals surface area contributed by atoms with E-state index in [1.54, 1.807) is 24.1 Å². The van der Waals surface area contributed by atoms with Crippen LogP contribution in [0, 0.1) is 12.7 Å². The molecule has 1 aromatic heterocycles. The Morgan fingerprint density at radius 2 is 1.83 bits per heavy atom. The van der Waals surface area contributed by atoms with E-state index in [0.29, 0.717) is 29.2 Å². The molecule has 0 radical (unpaired) electrons. The van der Waals surface area contributed by atoms with E-state index in [1.165, 1.54) is 12.1 Å². The minimum absolute atomic E-state index is 0.262. The Bertz CT molecular complexity index is 1450. The number of nitrogens with zero attached hydrogens (tertiary/aromatic N) is 3. The largest absolute Gasteiger partial charge is 0.497 e. The van der Waals surface area contributed by atoms with Gasteiger partial charge < -0.3 is 14.6 Å². The van der Waals surface area contributed by atoms with Crippen molar-refractivity contribution in [3.05, 3.63) is 107 Å². The number of carbonyl (C=O) groups is 1. The van der Waals surface area contributed by atoms with Crippen molar-refractivity contribution < 1.29 is 18.4 Å². The van der Waals surface area contributed by atoms with E-state index in [-0.39, 0.29) is 11.9 Å². The highest BCUT2D eigenvalue weighted by molar-refractivity contribution is 5.86. The minimum atomic E-state index is -0.661. The first-order chi connectivity index (χ1) is 17.4. The zero-order valence-electron chi connectivity index (χ0n) is 20.2. The second-order valence-corrected chi connectivity index (χ2v) is 8.66. The van der Waals surface area contributed by atoms with E-state index in [2.05, 4.69) is 15.5 Å². The number of aryl methyl sites for hydroxylation is 1. The van der Waals surface area contributed by atoms with Crippen molar-refractivity contribution in [2.24, 2.45) is 0 Å². The van der Waals surface area contributed by atoms with E-state index >= 15 is 0 Å². The monoisotopic (exact) mass is 484 g/mol. The standard InChI is InChI=1S/C28H25FN4O3/c1-17-6-4-8-21(14-17)26-31-27(36-32-26)24-18(2)33(16-19-10-12-23(35-3)13-11-19)28(34)30-25(24)20-7-5-9-22(29)15-20/h4-15,25H,16H2,1-3H3,(H,30,34). The fourth-order valence-corrected chi connectivity index (χ4v) is 4.33. The quantitative estimate of drug-likeness (QED) is 0.369. The van der Waals surface area contributed by atoms with Crippen molar-refractivity contribution in [2.75, 3.05) is 7.11 Å². The maximum absolute atomic E-state index is 14.1. The summed E-state index contributed by atoms with van der Waals surface area (Å²) in [6, 6.07) is 20.5. The minimum Gasteiger partial charge on any atom is -0.497 e. The number of urea groups is 1. The van der Waals surface area contributed by atoms with Gasteiger partial charge in [-0.3, -0.25) is 4.90 Å². The first kappa shape index (κ1) is 23.3. The maximum atomic E-state index is 14.1. The molecule has 8 heteroatoms. The van der Waals surface area contributed by atoms with Crippen LogP contribution in [0.3, 0.4) is 0 Å². The molecule has 0 fully saturated rings. The summed E-state index contributed by atoms with van der Waals surface area (Å²) in [5, 5.41) is 7.19. The van der Waals surface area contributed by atoms with Gasteiger partial charge in [0, 0.05) is 11.3 Å². The molecule has 0 aliphatic carbocycles. The number of nitrogens with one attached hydrogen (secondary N) is 1. The molecule has 36 heavy (non-hydrogen) atoms. The molecule has 0 saturated carbocycles. The molecule has 5 rings (SSSR count). The zero-order chi connectivity index (χ0) is 25.2. The molecule has 1 aliphatic rings. The lowest BCUT2D eigenvalue weighted by atomic mass is 9.94. The maximum Gasteiger partial charge on any atom is 0.322 e. The van der Waals surface area contributed by atoms with Crippen LogP contribution in [0.1, 0.15) is 35.5 Å². The van der Waals surface area contributed by atoms with Gasteiger partial charge in [-0.1, -0.05) is 53.2 Å². The van der Waals surface area contributed by atoms with Crippen molar-refractivity contribution in [1.29, 1.82) is 0 Å². The fourth-order valence-electron chi connectivity index (χ4n) is 4.33.